The van der Waals surface area contributed by atoms with Crippen LogP contribution in [0.4, 0.5) is 26.3 Å². The van der Waals surface area contributed by atoms with Gasteiger partial charge in [-0.05, 0) is 66.4 Å². The smallest absolute Gasteiger partial charge is 0.393 e. The zero-order valence-electron chi connectivity index (χ0n) is 20.3. The van der Waals surface area contributed by atoms with Crippen molar-refractivity contribution in [2.24, 2.45) is 17.3 Å². The van der Waals surface area contributed by atoms with Crippen LogP contribution in [0, 0.1) is 29.1 Å². The van der Waals surface area contributed by atoms with Crippen LogP contribution in [0.3, 0.4) is 0 Å². The highest BCUT2D eigenvalue weighted by molar-refractivity contribution is 5.40. The van der Waals surface area contributed by atoms with Gasteiger partial charge in [-0.3, -0.25) is 0 Å². The highest BCUT2D eigenvalue weighted by Crippen LogP contribution is 2.57. The molecule has 0 heterocycles. The summed E-state index contributed by atoms with van der Waals surface area (Å²) in [6.45, 7) is 7.72. The molecule has 2 fully saturated rings. The number of halogens is 6. The molecule has 3 aliphatic rings. The van der Waals surface area contributed by atoms with Gasteiger partial charge in [-0.1, -0.05) is 55.7 Å². The standard InChI is InChI=1S/C27H32F6O3/c1-16(6-4-13-25(36,26(28,29)30)27(31,32)33)21-10-11-22-18(7-5-12-24(21,22)3)8-9-19-14-20(34)15-23(35)17(19)2/h8-10,16,20,22-23,34-36H,2,5-7,11-12,14-15H2,1,3H3/b18-8-,19-9+/t16-,20-,22+,23+,24-/m1/s1. The zero-order valence-corrected chi connectivity index (χ0v) is 20.3. The van der Waals surface area contributed by atoms with E-state index in [1.807, 2.05) is 24.1 Å². The molecule has 5 atom stereocenters. The van der Waals surface area contributed by atoms with Gasteiger partial charge >= 0.3 is 18.0 Å². The minimum absolute atomic E-state index is 0.127. The van der Waals surface area contributed by atoms with Crippen molar-refractivity contribution in [1.82, 2.24) is 0 Å². The van der Waals surface area contributed by atoms with E-state index in [1.54, 1.807) is 6.92 Å². The van der Waals surface area contributed by atoms with E-state index < -0.39 is 30.2 Å². The Labute approximate surface area is 207 Å². The predicted molar refractivity (Wildman–Crippen MR) is 123 cm³/mol. The van der Waals surface area contributed by atoms with Crippen LogP contribution in [0.2, 0.25) is 0 Å². The van der Waals surface area contributed by atoms with Gasteiger partial charge in [0.1, 0.15) is 0 Å². The third-order valence-corrected chi connectivity index (χ3v) is 7.90. The van der Waals surface area contributed by atoms with Crippen molar-refractivity contribution in [3.05, 3.63) is 47.1 Å². The zero-order chi connectivity index (χ0) is 27.1. The molecule has 3 rings (SSSR count). The van der Waals surface area contributed by atoms with Crippen molar-refractivity contribution in [2.75, 3.05) is 0 Å². The van der Waals surface area contributed by atoms with Crippen molar-refractivity contribution in [2.45, 2.75) is 89.0 Å². The first-order valence-corrected chi connectivity index (χ1v) is 12.0. The van der Waals surface area contributed by atoms with Gasteiger partial charge in [0, 0.05) is 12.8 Å². The third-order valence-electron chi connectivity index (χ3n) is 7.90. The highest BCUT2D eigenvalue weighted by Gasteiger charge is 2.70. The van der Waals surface area contributed by atoms with E-state index in [4.69, 9.17) is 0 Å². The van der Waals surface area contributed by atoms with Crippen molar-refractivity contribution in [1.29, 1.82) is 0 Å². The number of fused-ring (bicyclic) bond motifs is 1. The lowest BCUT2D eigenvalue weighted by atomic mass is 9.62. The molecule has 0 aromatic heterocycles. The first-order chi connectivity index (χ1) is 16.5. The van der Waals surface area contributed by atoms with Gasteiger partial charge in [0.05, 0.1) is 12.2 Å². The Bertz CT molecular complexity index is 1010. The number of alkyl halides is 6. The summed E-state index contributed by atoms with van der Waals surface area (Å²) in [6.07, 6.45) is -3.80. The van der Waals surface area contributed by atoms with E-state index in [0.29, 0.717) is 18.4 Å². The summed E-state index contributed by atoms with van der Waals surface area (Å²) in [4.78, 5) is 0. The quantitative estimate of drug-likeness (QED) is 0.247. The monoisotopic (exact) mass is 518 g/mol. The van der Waals surface area contributed by atoms with Crippen LogP contribution in [-0.4, -0.2) is 45.5 Å². The van der Waals surface area contributed by atoms with Crippen LogP contribution in [0.1, 0.15) is 58.8 Å². The summed E-state index contributed by atoms with van der Waals surface area (Å²) in [5.41, 5.74) is -1.86. The maximum absolute atomic E-state index is 12.9. The minimum atomic E-state index is -5.96. The average molecular weight is 519 g/mol. The van der Waals surface area contributed by atoms with Crippen LogP contribution in [0.5, 0.6) is 0 Å². The van der Waals surface area contributed by atoms with Gasteiger partial charge in [-0.25, -0.2) is 0 Å². The van der Waals surface area contributed by atoms with Crippen molar-refractivity contribution in [3.63, 3.8) is 0 Å². The van der Waals surface area contributed by atoms with Crippen LogP contribution < -0.4 is 0 Å². The van der Waals surface area contributed by atoms with Gasteiger partial charge in [0.25, 0.3) is 0 Å². The molecule has 9 heteroatoms. The van der Waals surface area contributed by atoms with E-state index in [2.05, 4.69) is 13.5 Å². The lowest BCUT2D eigenvalue weighted by Crippen LogP contribution is -2.55. The molecule has 0 unspecified atom stereocenters. The maximum atomic E-state index is 12.9. The van der Waals surface area contributed by atoms with Gasteiger partial charge < -0.3 is 15.3 Å². The largest absolute Gasteiger partial charge is 0.438 e. The van der Waals surface area contributed by atoms with E-state index in [0.717, 1.165) is 36.3 Å². The Morgan fingerprint density at radius 3 is 2.42 bits per heavy atom. The molecule has 0 amide bonds. The van der Waals surface area contributed by atoms with Crippen molar-refractivity contribution < 1.29 is 41.7 Å². The van der Waals surface area contributed by atoms with Crippen molar-refractivity contribution in [3.8, 4) is 11.8 Å². The molecule has 2 saturated carbocycles. The highest BCUT2D eigenvalue weighted by atomic mass is 19.4. The predicted octanol–water partition coefficient (Wildman–Crippen LogP) is 5.93. The van der Waals surface area contributed by atoms with Gasteiger partial charge in [0.2, 0.25) is 0 Å². The summed E-state index contributed by atoms with van der Waals surface area (Å²) in [7, 11) is 0. The van der Waals surface area contributed by atoms with E-state index in [-0.39, 0.29) is 30.1 Å². The van der Waals surface area contributed by atoms with Crippen LogP contribution in [0.15, 0.2) is 47.1 Å². The molecule has 200 valence electrons. The molecule has 0 saturated heterocycles. The molecule has 0 aromatic carbocycles. The maximum Gasteiger partial charge on any atom is 0.438 e. The summed E-state index contributed by atoms with van der Waals surface area (Å²) in [5, 5.41) is 29.3. The molecule has 0 aromatic rings. The number of hydrogen-bond donors (Lipinski definition) is 3. The van der Waals surface area contributed by atoms with E-state index in [1.165, 1.54) is 5.57 Å². The molecule has 0 bridgehead atoms. The second kappa shape index (κ2) is 10.0. The Morgan fingerprint density at radius 1 is 1.17 bits per heavy atom. The van der Waals surface area contributed by atoms with E-state index >= 15 is 0 Å². The molecule has 36 heavy (non-hydrogen) atoms. The normalized spacial score (nSPS) is 32.7. The molecule has 0 radical (unpaired) electrons. The second-order valence-electron chi connectivity index (χ2n) is 10.4. The first kappa shape index (κ1) is 28.5. The summed E-state index contributed by atoms with van der Waals surface area (Å²) >= 11 is 0. The van der Waals surface area contributed by atoms with Gasteiger partial charge in [-0.2, -0.15) is 26.3 Å². The molecule has 0 spiro atoms. The number of aliphatic hydroxyl groups excluding tert-OH is 2. The van der Waals surface area contributed by atoms with Gasteiger partial charge in [-0.15, -0.1) is 0 Å². The Balaban J connectivity index is 1.78. The summed E-state index contributed by atoms with van der Waals surface area (Å²) < 4.78 is 77.4. The van der Waals surface area contributed by atoms with E-state index in [9.17, 15) is 41.7 Å². The topological polar surface area (TPSA) is 60.7 Å². The fraction of sp³-hybridized carbons (Fsp3) is 0.630. The molecule has 3 aliphatic carbocycles. The average Bonchev–Trinajstić information content (AvgIpc) is 3.11. The number of rotatable bonds is 3. The second-order valence-corrected chi connectivity index (χ2v) is 10.4. The minimum Gasteiger partial charge on any atom is -0.393 e. The fourth-order valence-corrected chi connectivity index (χ4v) is 5.83. The molecular weight excluding hydrogens is 486 g/mol. The Morgan fingerprint density at radius 2 is 1.81 bits per heavy atom. The number of allylic oxidation sites excluding steroid dienone is 5. The number of hydrogen-bond acceptors (Lipinski definition) is 3. The molecular formula is C27H32F6O3. The first-order valence-electron chi connectivity index (χ1n) is 12.0. The lowest BCUT2D eigenvalue weighted by molar-refractivity contribution is -0.343. The number of aliphatic hydroxyl groups is 3. The summed E-state index contributed by atoms with van der Waals surface area (Å²) in [5.74, 6) is 2.75. The molecule has 3 N–H and O–H groups in total. The Hall–Kier alpha value is -2.02. The van der Waals surface area contributed by atoms with Crippen LogP contribution in [-0.2, 0) is 0 Å². The molecule has 0 aliphatic heterocycles. The SMILES string of the molecule is C=C1/C(=C/C=C2/CCC[C@]3(C)C([C@H](C)CC#CC(O)(C(F)(F)F)C(F)(F)F)=CC[C@@H]23)C[C@@H](O)C[C@@H]1O. The van der Waals surface area contributed by atoms with Crippen molar-refractivity contribution >= 4 is 0 Å². The molecule has 3 nitrogen and oxygen atoms in total. The van der Waals surface area contributed by atoms with Crippen LogP contribution >= 0.6 is 0 Å². The lowest BCUT2D eigenvalue weighted by Gasteiger charge is -2.42. The third kappa shape index (κ3) is 5.32. The van der Waals surface area contributed by atoms with Crippen LogP contribution in [0.25, 0.3) is 0 Å². The van der Waals surface area contributed by atoms with Gasteiger partial charge in [0.15, 0.2) is 0 Å². The Kier molecular flexibility index (Phi) is 7.96. The summed E-state index contributed by atoms with van der Waals surface area (Å²) in [6, 6.07) is 0. The fourth-order valence-electron chi connectivity index (χ4n) is 5.83.